The second-order valence-corrected chi connectivity index (χ2v) is 6.27. The first-order chi connectivity index (χ1) is 11.6. The average Bonchev–Trinajstić information content (AvgIpc) is 2.60. The van der Waals surface area contributed by atoms with Gasteiger partial charge < -0.3 is 19.7 Å². The van der Waals surface area contributed by atoms with Gasteiger partial charge in [0, 0.05) is 31.4 Å². The van der Waals surface area contributed by atoms with Gasteiger partial charge in [0.25, 0.3) is 5.91 Å². The number of amides is 1. The summed E-state index contributed by atoms with van der Waals surface area (Å²) in [4.78, 5) is 14.3. The van der Waals surface area contributed by atoms with E-state index in [9.17, 15) is 4.79 Å². The highest BCUT2D eigenvalue weighted by Gasteiger charge is 2.26. The highest BCUT2D eigenvalue weighted by Crippen LogP contribution is 2.20. The molecule has 134 valence electrons. The van der Waals surface area contributed by atoms with E-state index in [0.717, 1.165) is 25.9 Å². The minimum Gasteiger partial charge on any atom is -0.382 e. The van der Waals surface area contributed by atoms with Crippen molar-refractivity contribution in [2.24, 2.45) is 0 Å². The molecule has 1 heterocycles. The summed E-state index contributed by atoms with van der Waals surface area (Å²) < 4.78 is 10.8. The Bertz CT molecular complexity index is 513. The van der Waals surface area contributed by atoms with Gasteiger partial charge in [-0.1, -0.05) is 18.2 Å². The van der Waals surface area contributed by atoms with Crippen LogP contribution in [0.4, 0.5) is 5.69 Å². The number of likely N-dealkylation sites (tertiary alicyclic amines) is 1. The number of anilines is 1. The summed E-state index contributed by atoms with van der Waals surface area (Å²) in [6.45, 7) is 9.12. The molecule has 1 saturated heterocycles. The van der Waals surface area contributed by atoms with Crippen LogP contribution in [-0.2, 0) is 14.3 Å². The van der Waals surface area contributed by atoms with Crippen LogP contribution in [0.2, 0.25) is 0 Å². The average molecular weight is 334 g/mol. The van der Waals surface area contributed by atoms with Crippen LogP contribution in [0.3, 0.4) is 0 Å². The van der Waals surface area contributed by atoms with Crippen LogP contribution in [0.25, 0.3) is 0 Å². The van der Waals surface area contributed by atoms with E-state index >= 15 is 0 Å². The molecule has 1 amide bonds. The molecule has 1 aliphatic heterocycles. The summed E-state index contributed by atoms with van der Waals surface area (Å²) in [5.41, 5.74) is 2.45. The first-order valence-electron chi connectivity index (χ1n) is 8.92. The van der Waals surface area contributed by atoms with E-state index in [-0.39, 0.29) is 5.91 Å². The number of carbonyl (C=O) groups excluding carboxylic acids is 1. The summed E-state index contributed by atoms with van der Waals surface area (Å²) >= 11 is 0. The normalized spacial score (nSPS) is 16.9. The van der Waals surface area contributed by atoms with Crippen molar-refractivity contribution in [3.63, 3.8) is 0 Å². The number of para-hydroxylation sites is 1. The summed E-state index contributed by atoms with van der Waals surface area (Å²) in [6, 6.07) is 8.75. The Morgan fingerprint density at radius 3 is 2.67 bits per heavy atom. The van der Waals surface area contributed by atoms with E-state index in [2.05, 4.69) is 36.5 Å². The Hall–Kier alpha value is -1.59. The molecular formula is C19H30N2O3. The van der Waals surface area contributed by atoms with Crippen LogP contribution in [-0.4, -0.2) is 55.9 Å². The van der Waals surface area contributed by atoms with E-state index in [4.69, 9.17) is 9.47 Å². The Balaban J connectivity index is 1.73. The third-order valence-corrected chi connectivity index (χ3v) is 4.46. The molecule has 0 saturated carbocycles. The molecule has 0 aliphatic carbocycles. The van der Waals surface area contributed by atoms with E-state index in [1.54, 1.807) is 0 Å². The van der Waals surface area contributed by atoms with Crippen molar-refractivity contribution < 1.29 is 14.3 Å². The van der Waals surface area contributed by atoms with E-state index in [1.165, 1.54) is 11.3 Å². The minimum atomic E-state index is -0.397. The lowest BCUT2D eigenvalue weighted by Crippen LogP contribution is -2.46. The van der Waals surface area contributed by atoms with Gasteiger partial charge in [0.05, 0.1) is 13.2 Å². The SMILES string of the molecule is CCOCCO[C@@H](C)C(=O)N1CCC(Nc2ccccc2C)CC1. The number of ether oxygens (including phenoxy) is 2. The number of nitrogens with one attached hydrogen (secondary N) is 1. The molecule has 1 aromatic rings. The van der Waals surface area contributed by atoms with Gasteiger partial charge in [0.1, 0.15) is 6.10 Å². The maximum Gasteiger partial charge on any atom is 0.251 e. The molecule has 1 fully saturated rings. The molecule has 5 heteroatoms. The van der Waals surface area contributed by atoms with E-state index in [1.807, 2.05) is 18.7 Å². The number of aryl methyl sites for hydroxylation is 1. The van der Waals surface area contributed by atoms with Crippen molar-refractivity contribution >= 4 is 11.6 Å². The molecule has 0 radical (unpaired) electrons. The summed E-state index contributed by atoms with van der Waals surface area (Å²) in [7, 11) is 0. The van der Waals surface area contributed by atoms with Gasteiger partial charge in [-0.2, -0.15) is 0 Å². The monoisotopic (exact) mass is 334 g/mol. The third-order valence-electron chi connectivity index (χ3n) is 4.46. The van der Waals surface area contributed by atoms with Crippen molar-refractivity contribution in [1.82, 2.24) is 4.90 Å². The number of hydrogen-bond donors (Lipinski definition) is 1. The quantitative estimate of drug-likeness (QED) is 0.743. The van der Waals surface area contributed by atoms with Gasteiger partial charge in [0.15, 0.2) is 0 Å². The molecule has 1 atom stereocenters. The molecule has 5 nitrogen and oxygen atoms in total. The fraction of sp³-hybridized carbons (Fsp3) is 0.632. The maximum atomic E-state index is 12.4. The van der Waals surface area contributed by atoms with Crippen LogP contribution in [0.15, 0.2) is 24.3 Å². The van der Waals surface area contributed by atoms with Crippen molar-refractivity contribution in [3.8, 4) is 0 Å². The summed E-state index contributed by atoms with van der Waals surface area (Å²) in [5, 5.41) is 3.60. The molecule has 0 unspecified atom stereocenters. The smallest absolute Gasteiger partial charge is 0.251 e. The van der Waals surface area contributed by atoms with Crippen LogP contribution < -0.4 is 5.32 Å². The van der Waals surface area contributed by atoms with Gasteiger partial charge in [-0.3, -0.25) is 4.79 Å². The Morgan fingerprint density at radius 2 is 2.00 bits per heavy atom. The Morgan fingerprint density at radius 1 is 1.29 bits per heavy atom. The van der Waals surface area contributed by atoms with E-state index < -0.39 is 6.10 Å². The maximum absolute atomic E-state index is 12.4. The molecule has 2 rings (SSSR count). The number of nitrogens with zero attached hydrogens (tertiary/aromatic N) is 1. The van der Waals surface area contributed by atoms with Crippen molar-refractivity contribution in [2.75, 3.05) is 38.2 Å². The number of piperidine rings is 1. The Kier molecular flexibility index (Phi) is 7.53. The number of benzene rings is 1. The molecule has 1 N–H and O–H groups in total. The highest BCUT2D eigenvalue weighted by molar-refractivity contribution is 5.80. The molecule has 0 aromatic heterocycles. The first kappa shape index (κ1) is 18.7. The summed E-state index contributed by atoms with van der Waals surface area (Å²) in [6.07, 6.45) is 1.53. The fourth-order valence-electron chi connectivity index (χ4n) is 2.96. The lowest BCUT2D eigenvalue weighted by atomic mass is 10.0. The minimum absolute atomic E-state index is 0.0841. The van der Waals surface area contributed by atoms with Crippen LogP contribution in [0, 0.1) is 6.92 Å². The van der Waals surface area contributed by atoms with Crippen molar-refractivity contribution in [2.45, 2.75) is 45.8 Å². The van der Waals surface area contributed by atoms with Crippen molar-refractivity contribution in [3.05, 3.63) is 29.8 Å². The fourth-order valence-corrected chi connectivity index (χ4v) is 2.96. The molecule has 1 aliphatic rings. The van der Waals surface area contributed by atoms with E-state index in [0.29, 0.717) is 25.9 Å². The van der Waals surface area contributed by atoms with Gasteiger partial charge in [-0.05, 0) is 45.2 Å². The molecule has 1 aromatic carbocycles. The molecular weight excluding hydrogens is 304 g/mol. The summed E-state index contributed by atoms with van der Waals surface area (Å²) in [5.74, 6) is 0.0841. The van der Waals surface area contributed by atoms with Gasteiger partial charge in [-0.25, -0.2) is 0 Å². The van der Waals surface area contributed by atoms with Crippen LogP contribution >= 0.6 is 0 Å². The molecule has 0 bridgehead atoms. The van der Waals surface area contributed by atoms with Crippen LogP contribution in [0.1, 0.15) is 32.3 Å². The second-order valence-electron chi connectivity index (χ2n) is 6.27. The number of rotatable bonds is 8. The van der Waals surface area contributed by atoms with Crippen LogP contribution in [0.5, 0.6) is 0 Å². The Labute approximate surface area is 145 Å². The highest BCUT2D eigenvalue weighted by atomic mass is 16.5. The predicted molar refractivity (Wildman–Crippen MR) is 96.3 cm³/mol. The number of hydrogen-bond acceptors (Lipinski definition) is 4. The first-order valence-corrected chi connectivity index (χ1v) is 8.92. The lowest BCUT2D eigenvalue weighted by molar-refractivity contribution is -0.144. The van der Waals surface area contributed by atoms with Gasteiger partial charge in [0.2, 0.25) is 0 Å². The predicted octanol–water partition coefficient (Wildman–Crippen LogP) is 2.84. The van der Waals surface area contributed by atoms with Gasteiger partial charge >= 0.3 is 0 Å². The zero-order valence-electron chi connectivity index (χ0n) is 15.1. The third kappa shape index (κ3) is 5.49. The molecule has 0 spiro atoms. The second kappa shape index (κ2) is 9.64. The molecule has 24 heavy (non-hydrogen) atoms. The standard InChI is InChI=1S/C19H30N2O3/c1-4-23-13-14-24-16(3)19(22)21-11-9-17(10-12-21)20-18-8-6-5-7-15(18)2/h5-8,16-17,20H,4,9-14H2,1-3H3/t16-/m0/s1. The van der Waals surface area contributed by atoms with Gasteiger partial charge in [-0.15, -0.1) is 0 Å². The van der Waals surface area contributed by atoms with Crippen molar-refractivity contribution in [1.29, 1.82) is 0 Å². The largest absolute Gasteiger partial charge is 0.382 e. The zero-order valence-corrected chi connectivity index (χ0v) is 15.1. The zero-order chi connectivity index (χ0) is 17.4. The topological polar surface area (TPSA) is 50.8 Å². The lowest BCUT2D eigenvalue weighted by Gasteiger charge is -2.34. The number of carbonyl (C=O) groups is 1.